The Labute approximate surface area is 170 Å². The van der Waals surface area contributed by atoms with E-state index in [2.05, 4.69) is 15.3 Å². The first-order valence-corrected chi connectivity index (χ1v) is 9.48. The van der Waals surface area contributed by atoms with Crippen molar-refractivity contribution in [1.82, 2.24) is 9.97 Å². The molecule has 0 spiro atoms. The Morgan fingerprint density at radius 1 is 0.862 bits per heavy atom. The summed E-state index contributed by atoms with van der Waals surface area (Å²) >= 11 is 0. The van der Waals surface area contributed by atoms with Gasteiger partial charge in [-0.15, -0.1) is 0 Å². The van der Waals surface area contributed by atoms with Crippen molar-refractivity contribution in [2.45, 2.75) is 19.9 Å². The van der Waals surface area contributed by atoms with Gasteiger partial charge >= 0.3 is 0 Å². The highest BCUT2D eigenvalue weighted by atomic mass is 16.5. The molecule has 146 valence electrons. The molecule has 2 aromatic heterocycles. The molecule has 4 aromatic rings. The molecular weight excluding hydrogens is 362 g/mol. The summed E-state index contributed by atoms with van der Waals surface area (Å²) in [6, 6.07) is 21.2. The summed E-state index contributed by atoms with van der Waals surface area (Å²) < 4.78 is 5.29. The van der Waals surface area contributed by atoms with Crippen LogP contribution in [0.4, 0.5) is 5.82 Å². The number of methoxy groups -OCH3 is 1. The molecule has 29 heavy (non-hydrogen) atoms. The molecule has 5 heteroatoms. The second kappa shape index (κ2) is 7.80. The first-order valence-electron chi connectivity index (χ1n) is 9.48. The number of nitrogens with zero attached hydrogens (tertiary/aromatic N) is 2. The summed E-state index contributed by atoms with van der Waals surface area (Å²) in [5.41, 5.74) is 4.10. The largest absolute Gasteiger partial charge is 0.505 e. The molecule has 0 fully saturated rings. The van der Waals surface area contributed by atoms with E-state index in [1.165, 1.54) is 0 Å². The van der Waals surface area contributed by atoms with Gasteiger partial charge in [-0.1, -0.05) is 36.4 Å². The van der Waals surface area contributed by atoms with E-state index in [0.717, 1.165) is 39.5 Å². The Kier molecular flexibility index (Phi) is 5.04. The minimum Gasteiger partial charge on any atom is -0.505 e. The van der Waals surface area contributed by atoms with Crippen molar-refractivity contribution in [2.24, 2.45) is 0 Å². The molecular formula is C24H23N3O2. The van der Waals surface area contributed by atoms with E-state index in [-0.39, 0.29) is 11.8 Å². The van der Waals surface area contributed by atoms with Gasteiger partial charge < -0.3 is 15.2 Å². The Bertz CT molecular complexity index is 1160. The van der Waals surface area contributed by atoms with Crippen LogP contribution in [0.1, 0.15) is 28.6 Å². The lowest BCUT2D eigenvalue weighted by molar-refractivity contribution is 0.414. The molecule has 0 bridgehead atoms. The van der Waals surface area contributed by atoms with Gasteiger partial charge in [0.25, 0.3) is 0 Å². The van der Waals surface area contributed by atoms with Crippen molar-refractivity contribution in [2.75, 3.05) is 12.4 Å². The summed E-state index contributed by atoms with van der Waals surface area (Å²) in [7, 11) is 1.64. The maximum Gasteiger partial charge on any atom is 0.147 e. The Hall–Kier alpha value is -3.60. The molecule has 0 aliphatic rings. The summed E-state index contributed by atoms with van der Waals surface area (Å²) in [5.74, 6) is 1.69. The van der Waals surface area contributed by atoms with Crippen LogP contribution < -0.4 is 10.1 Å². The van der Waals surface area contributed by atoms with Crippen molar-refractivity contribution in [1.29, 1.82) is 0 Å². The molecule has 2 heterocycles. The number of rotatable bonds is 5. The third kappa shape index (κ3) is 3.85. The van der Waals surface area contributed by atoms with Crippen molar-refractivity contribution in [3.63, 3.8) is 0 Å². The highest BCUT2D eigenvalue weighted by Gasteiger charge is 2.20. The first kappa shape index (κ1) is 18.7. The minimum absolute atomic E-state index is 0.173. The number of pyridine rings is 2. The predicted octanol–water partition coefficient (Wildman–Crippen LogP) is 5.16. The number of phenolic OH excluding ortho intramolecular Hbond substituents is 1. The predicted molar refractivity (Wildman–Crippen MR) is 116 cm³/mol. The summed E-state index contributed by atoms with van der Waals surface area (Å²) in [6.07, 6.45) is 0. The van der Waals surface area contributed by atoms with E-state index in [0.29, 0.717) is 5.52 Å². The number of ether oxygens (including phenoxy) is 1. The number of aryl methyl sites for hydroxylation is 2. The number of hydrogen-bond acceptors (Lipinski definition) is 5. The summed E-state index contributed by atoms with van der Waals surface area (Å²) in [6.45, 7) is 3.87. The van der Waals surface area contributed by atoms with Gasteiger partial charge in [-0.2, -0.15) is 0 Å². The average Bonchev–Trinajstić information content (AvgIpc) is 2.73. The van der Waals surface area contributed by atoms with Crippen molar-refractivity contribution in [3.8, 4) is 11.5 Å². The number of anilines is 1. The monoisotopic (exact) mass is 385 g/mol. The smallest absolute Gasteiger partial charge is 0.147 e. The van der Waals surface area contributed by atoms with Crippen molar-refractivity contribution >= 4 is 16.7 Å². The van der Waals surface area contributed by atoms with Gasteiger partial charge in [0.1, 0.15) is 22.8 Å². The summed E-state index contributed by atoms with van der Waals surface area (Å²) in [4.78, 5) is 9.12. The maximum absolute atomic E-state index is 11.1. The molecule has 2 N–H and O–H groups in total. The molecule has 0 aliphatic heterocycles. The van der Waals surface area contributed by atoms with Gasteiger partial charge in [0.05, 0.1) is 13.2 Å². The number of aromatic nitrogens is 2. The molecule has 0 saturated carbocycles. The van der Waals surface area contributed by atoms with Crippen LogP contribution in [-0.2, 0) is 0 Å². The first-order chi connectivity index (χ1) is 14.0. The summed E-state index contributed by atoms with van der Waals surface area (Å²) in [5, 5.41) is 15.5. The lowest BCUT2D eigenvalue weighted by Gasteiger charge is -2.22. The molecule has 4 rings (SSSR count). The molecule has 1 atom stereocenters. The van der Waals surface area contributed by atoms with Crippen LogP contribution in [0.5, 0.6) is 11.5 Å². The fourth-order valence-corrected chi connectivity index (χ4v) is 3.43. The quantitative estimate of drug-likeness (QED) is 0.496. The van der Waals surface area contributed by atoms with Crippen LogP contribution in [0, 0.1) is 13.8 Å². The van der Waals surface area contributed by atoms with E-state index in [1.807, 2.05) is 80.6 Å². The molecule has 0 amide bonds. The van der Waals surface area contributed by atoms with Gasteiger partial charge in [0.15, 0.2) is 0 Å². The fraction of sp³-hybridized carbons (Fsp3) is 0.167. The Balaban J connectivity index is 1.84. The zero-order chi connectivity index (χ0) is 20.4. The maximum atomic E-state index is 11.1. The average molecular weight is 385 g/mol. The van der Waals surface area contributed by atoms with E-state index < -0.39 is 0 Å². The van der Waals surface area contributed by atoms with Gasteiger partial charge in [0.2, 0.25) is 0 Å². The molecule has 1 unspecified atom stereocenters. The van der Waals surface area contributed by atoms with Crippen LogP contribution in [0.3, 0.4) is 0 Å². The number of benzene rings is 2. The molecule has 0 saturated heterocycles. The number of fused-ring (bicyclic) bond motifs is 1. The standard InChI is InChI=1S/C24H23N3O2/c1-15-5-4-6-21(25-15)27-22(17-9-12-19(29-3)13-10-17)20-14-11-18-8-7-16(2)26-23(18)24(20)28/h4-14,22,28H,1-3H3,(H,25,27). The molecule has 5 nitrogen and oxygen atoms in total. The molecule has 0 aliphatic carbocycles. The lowest BCUT2D eigenvalue weighted by Crippen LogP contribution is -2.14. The van der Waals surface area contributed by atoms with Gasteiger partial charge in [-0.25, -0.2) is 9.97 Å². The van der Waals surface area contributed by atoms with Crippen LogP contribution in [0.25, 0.3) is 10.9 Å². The van der Waals surface area contributed by atoms with E-state index in [1.54, 1.807) is 7.11 Å². The fourth-order valence-electron chi connectivity index (χ4n) is 3.43. The zero-order valence-electron chi connectivity index (χ0n) is 16.7. The van der Waals surface area contributed by atoms with Crippen LogP contribution >= 0.6 is 0 Å². The number of aromatic hydroxyl groups is 1. The highest BCUT2D eigenvalue weighted by Crippen LogP contribution is 2.36. The molecule has 0 radical (unpaired) electrons. The van der Waals surface area contributed by atoms with E-state index >= 15 is 0 Å². The lowest BCUT2D eigenvalue weighted by atomic mass is 9.96. The van der Waals surface area contributed by atoms with Gasteiger partial charge in [-0.3, -0.25) is 0 Å². The number of nitrogens with one attached hydrogen (secondary N) is 1. The van der Waals surface area contributed by atoms with E-state index in [4.69, 9.17) is 4.74 Å². The number of hydrogen-bond donors (Lipinski definition) is 2. The third-order valence-electron chi connectivity index (χ3n) is 4.95. The van der Waals surface area contributed by atoms with Gasteiger partial charge in [0, 0.05) is 22.3 Å². The second-order valence-electron chi connectivity index (χ2n) is 7.04. The zero-order valence-corrected chi connectivity index (χ0v) is 16.7. The van der Waals surface area contributed by atoms with Gasteiger partial charge in [-0.05, 0) is 49.7 Å². The number of phenols is 1. The molecule has 2 aromatic carbocycles. The SMILES string of the molecule is COc1ccc(C(Nc2cccc(C)n2)c2ccc3ccc(C)nc3c2O)cc1. The normalized spacial score (nSPS) is 12.0. The van der Waals surface area contributed by atoms with Crippen molar-refractivity contribution in [3.05, 3.63) is 89.2 Å². The minimum atomic E-state index is -0.304. The third-order valence-corrected chi connectivity index (χ3v) is 4.95. The van der Waals surface area contributed by atoms with Crippen LogP contribution in [0.15, 0.2) is 66.7 Å². The van der Waals surface area contributed by atoms with E-state index in [9.17, 15) is 5.11 Å². The second-order valence-corrected chi connectivity index (χ2v) is 7.04. The Morgan fingerprint density at radius 3 is 2.31 bits per heavy atom. The topological polar surface area (TPSA) is 67.3 Å². The van der Waals surface area contributed by atoms with Crippen LogP contribution in [-0.4, -0.2) is 22.2 Å². The van der Waals surface area contributed by atoms with Crippen LogP contribution in [0.2, 0.25) is 0 Å². The van der Waals surface area contributed by atoms with Crippen molar-refractivity contribution < 1.29 is 9.84 Å². The Morgan fingerprint density at radius 2 is 1.59 bits per heavy atom. The highest BCUT2D eigenvalue weighted by molar-refractivity contribution is 5.86.